The van der Waals surface area contributed by atoms with Gasteiger partial charge in [-0.15, -0.1) is 11.3 Å². The highest BCUT2D eigenvalue weighted by Crippen LogP contribution is 2.31. The molecule has 0 aliphatic heterocycles. The van der Waals surface area contributed by atoms with Gasteiger partial charge in [0.05, 0.1) is 17.6 Å². The van der Waals surface area contributed by atoms with Crippen LogP contribution >= 0.6 is 11.3 Å². The summed E-state index contributed by atoms with van der Waals surface area (Å²) >= 11 is 1.41. The molecule has 0 fully saturated rings. The van der Waals surface area contributed by atoms with Crippen LogP contribution in [0.4, 0.5) is 5.00 Å². The molecule has 0 radical (unpaired) electrons. The van der Waals surface area contributed by atoms with Gasteiger partial charge in [-0.3, -0.25) is 4.79 Å². The Morgan fingerprint density at radius 1 is 1.38 bits per heavy atom. The zero-order chi connectivity index (χ0) is 16.0. The molecule has 1 aromatic heterocycles. The van der Waals surface area contributed by atoms with Gasteiger partial charge in [0.15, 0.2) is 0 Å². The molecular weight excluding hydrogens is 288 g/mol. The van der Waals surface area contributed by atoms with Gasteiger partial charge in [0, 0.05) is 11.4 Å². The summed E-state index contributed by atoms with van der Waals surface area (Å²) in [6.07, 6.45) is 1.44. The van der Waals surface area contributed by atoms with E-state index in [-0.39, 0.29) is 12.5 Å². The van der Waals surface area contributed by atoms with Gasteiger partial charge in [0.1, 0.15) is 5.00 Å². The molecule has 1 atom stereocenters. The van der Waals surface area contributed by atoms with Crippen LogP contribution in [0, 0.1) is 5.41 Å². The second-order valence-electron chi connectivity index (χ2n) is 5.10. The van der Waals surface area contributed by atoms with Crippen LogP contribution in [0.15, 0.2) is 6.07 Å². The Balaban J connectivity index is 3.04. The first-order valence-electron chi connectivity index (χ1n) is 7.23. The van der Waals surface area contributed by atoms with Gasteiger partial charge in [-0.2, -0.15) is 0 Å². The quantitative estimate of drug-likeness (QED) is 0.759. The number of hydrogen-bond acceptors (Lipinski definition) is 5. The van der Waals surface area contributed by atoms with Crippen LogP contribution in [0.2, 0.25) is 0 Å². The van der Waals surface area contributed by atoms with E-state index in [1.165, 1.54) is 11.3 Å². The number of thiophene rings is 1. The van der Waals surface area contributed by atoms with Gasteiger partial charge in [-0.05, 0) is 32.8 Å². The number of anilines is 1. The molecule has 118 valence electrons. The third-order valence-electron chi connectivity index (χ3n) is 3.63. The Bertz CT molecular complexity index is 507. The van der Waals surface area contributed by atoms with Crippen LogP contribution in [0.1, 0.15) is 49.4 Å². The summed E-state index contributed by atoms with van der Waals surface area (Å²) in [5, 5.41) is 3.39. The Morgan fingerprint density at radius 3 is 2.52 bits per heavy atom. The van der Waals surface area contributed by atoms with Crippen molar-refractivity contribution in [1.82, 2.24) is 0 Å². The summed E-state index contributed by atoms with van der Waals surface area (Å²) in [5.74, 6) is -0.572. The number of amides is 1. The van der Waals surface area contributed by atoms with Crippen molar-refractivity contribution in [3.8, 4) is 0 Å². The Kier molecular flexibility index (Phi) is 6.36. The highest BCUT2D eigenvalue weighted by atomic mass is 32.1. The van der Waals surface area contributed by atoms with E-state index in [0.29, 0.717) is 23.6 Å². The second kappa shape index (κ2) is 7.56. The van der Waals surface area contributed by atoms with E-state index in [1.54, 1.807) is 13.0 Å². The number of rotatable bonds is 7. The van der Waals surface area contributed by atoms with E-state index in [0.717, 1.165) is 11.3 Å². The number of nitrogens with two attached hydrogens (primary N) is 1. The molecule has 0 aliphatic rings. The molecule has 0 aliphatic carbocycles. The smallest absolute Gasteiger partial charge is 0.341 e. The van der Waals surface area contributed by atoms with E-state index < -0.39 is 11.4 Å². The maximum atomic E-state index is 12.4. The van der Waals surface area contributed by atoms with Gasteiger partial charge in [-0.25, -0.2) is 4.79 Å². The van der Waals surface area contributed by atoms with Crippen LogP contribution in [0.5, 0.6) is 0 Å². The largest absolute Gasteiger partial charge is 0.462 e. The van der Waals surface area contributed by atoms with Gasteiger partial charge >= 0.3 is 5.97 Å². The molecule has 6 heteroatoms. The van der Waals surface area contributed by atoms with Crippen molar-refractivity contribution < 1.29 is 14.3 Å². The predicted octanol–water partition coefficient (Wildman–Crippen LogP) is 2.80. The van der Waals surface area contributed by atoms with Crippen LogP contribution in [-0.2, 0) is 16.0 Å². The first-order valence-corrected chi connectivity index (χ1v) is 8.04. The van der Waals surface area contributed by atoms with E-state index in [1.807, 2.05) is 20.8 Å². The third-order valence-corrected chi connectivity index (χ3v) is 4.83. The van der Waals surface area contributed by atoms with E-state index in [9.17, 15) is 9.59 Å². The summed E-state index contributed by atoms with van der Waals surface area (Å²) in [6, 6.07) is 1.78. The molecular formula is C15H24N2O3S. The molecule has 1 rings (SSSR count). The van der Waals surface area contributed by atoms with Gasteiger partial charge in [0.2, 0.25) is 5.91 Å². The fourth-order valence-corrected chi connectivity index (χ4v) is 2.70. The average molecular weight is 312 g/mol. The highest BCUT2D eigenvalue weighted by molar-refractivity contribution is 7.16. The lowest BCUT2D eigenvalue weighted by atomic mass is 9.87. The number of esters is 1. The van der Waals surface area contributed by atoms with Gasteiger partial charge in [0.25, 0.3) is 0 Å². The van der Waals surface area contributed by atoms with E-state index in [2.05, 4.69) is 5.32 Å². The maximum Gasteiger partial charge on any atom is 0.341 e. The molecule has 1 amide bonds. The first kappa shape index (κ1) is 17.7. The third kappa shape index (κ3) is 4.04. The molecule has 1 aromatic rings. The lowest BCUT2D eigenvalue weighted by Gasteiger charge is -2.24. The number of carbonyl (C=O) groups is 2. The summed E-state index contributed by atoms with van der Waals surface area (Å²) < 4.78 is 5.04. The number of carbonyl (C=O) groups excluding carboxylic acids is 2. The Morgan fingerprint density at radius 2 is 2.05 bits per heavy atom. The molecule has 1 unspecified atom stereocenters. The predicted molar refractivity (Wildman–Crippen MR) is 85.7 cm³/mol. The van der Waals surface area contributed by atoms with Crippen LogP contribution in [0.3, 0.4) is 0 Å². The highest BCUT2D eigenvalue weighted by Gasteiger charge is 2.31. The minimum absolute atomic E-state index is 0.164. The lowest BCUT2D eigenvalue weighted by molar-refractivity contribution is -0.124. The Hall–Kier alpha value is -1.40. The SMILES string of the molecule is CCOC(=O)c1cc(CC)sc1NC(=O)C(C)(CC)CN. The fraction of sp³-hybridized carbons (Fsp3) is 0.600. The minimum Gasteiger partial charge on any atom is -0.462 e. The summed E-state index contributed by atoms with van der Waals surface area (Å²) in [7, 11) is 0. The molecule has 0 saturated carbocycles. The van der Waals surface area contributed by atoms with Crippen molar-refractivity contribution in [1.29, 1.82) is 0 Å². The molecule has 1 heterocycles. The normalized spacial score (nSPS) is 13.6. The fourth-order valence-electron chi connectivity index (χ4n) is 1.72. The summed E-state index contributed by atoms with van der Waals surface area (Å²) in [6.45, 7) is 8.06. The van der Waals surface area contributed by atoms with E-state index in [4.69, 9.17) is 10.5 Å². The number of hydrogen-bond donors (Lipinski definition) is 2. The molecule has 0 bridgehead atoms. The molecule has 5 nitrogen and oxygen atoms in total. The molecule has 21 heavy (non-hydrogen) atoms. The lowest BCUT2D eigenvalue weighted by Crippen LogP contribution is -2.39. The molecule has 0 aromatic carbocycles. The van der Waals surface area contributed by atoms with Crippen molar-refractivity contribution in [2.45, 2.75) is 40.5 Å². The average Bonchev–Trinajstić information content (AvgIpc) is 2.89. The van der Waals surface area contributed by atoms with Crippen molar-refractivity contribution in [2.24, 2.45) is 11.1 Å². The van der Waals surface area contributed by atoms with Crippen LogP contribution < -0.4 is 11.1 Å². The number of ether oxygens (including phenoxy) is 1. The standard InChI is InChI=1S/C15H24N2O3S/c1-5-10-8-11(13(18)20-7-3)12(21-10)17-14(19)15(4,6-2)9-16/h8H,5-7,9,16H2,1-4H3,(H,17,19). The number of nitrogens with one attached hydrogen (secondary N) is 1. The first-order chi connectivity index (χ1) is 9.91. The summed E-state index contributed by atoms with van der Waals surface area (Å²) in [4.78, 5) is 25.4. The van der Waals surface area contributed by atoms with Crippen molar-refractivity contribution in [3.05, 3.63) is 16.5 Å². The van der Waals surface area contributed by atoms with Crippen LogP contribution in [0.25, 0.3) is 0 Å². The van der Waals surface area contributed by atoms with Crippen molar-refractivity contribution >= 4 is 28.2 Å². The monoisotopic (exact) mass is 312 g/mol. The maximum absolute atomic E-state index is 12.4. The molecule has 0 saturated heterocycles. The van der Waals surface area contributed by atoms with Crippen molar-refractivity contribution in [2.75, 3.05) is 18.5 Å². The Labute approximate surface area is 129 Å². The van der Waals surface area contributed by atoms with Gasteiger partial charge < -0.3 is 15.8 Å². The minimum atomic E-state index is -0.637. The van der Waals surface area contributed by atoms with Gasteiger partial charge in [-0.1, -0.05) is 13.8 Å². The number of aryl methyl sites for hydroxylation is 1. The zero-order valence-electron chi connectivity index (χ0n) is 13.1. The summed E-state index contributed by atoms with van der Waals surface area (Å²) in [5.41, 5.74) is 5.48. The zero-order valence-corrected chi connectivity index (χ0v) is 13.9. The topological polar surface area (TPSA) is 81.4 Å². The second-order valence-corrected chi connectivity index (χ2v) is 6.24. The molecule has 0 spiro atoms. The molecule has 3 N–H and O–H groups in total. The van der Waals surface area contributed by atoms with Crippen LogP contribution in [-0.4, -0.2) is 25.0 Å². The van der Waals surface area contributed by atoms with E-state index >= 15 is 0 Å². The van der Waals surface area contributed by atoms with Crippen molar-refractivity contribution in [3.63, 3.8) is 0 Å².